The highest BCUT2D eigenvalue weighted by Gasteiger charge is 2.02. The van der Waals surface area contributed by atoms with Crippen LogP contribution in [0.3, 0.4) is 0 Å². The molecule has 0 aromatic rings. The van der Waals surface area contributed by atoms with Crippen LogP contribution >= 0.6 is 0 Å². The van der Waals surface area contributed by atoms with Crippen molar-refractivity contribution in [3.63, 3.8) is 0 Å². The Bertz CT molecular complexity index is 501. The zero-order valence-electron chi connectivity index (χ0n) is 25.4. The van der Waals surface area contributed by atoms with Crippen molar-refractivity contribution in [1.82, 2.24) is 4.90 Å². The normalized spacial score (nSPS) is 11.5. The number of nitrogens with zero attached hydrogens (tertiary/aromatic N) is 1. The van der Waals surface area contributed by atoms with Gasteiger partial charge in [0, 0.05) is 13.0 Å². The second-order valence-corrected chi connectivity index (χ2v) is 8.99. The van der Waals surface area contributed by atoms with Gasteiger partial charge in [-0.05, 0) is 20.5 Å². The maximum atomic E-state index is 11.4. The van der Waals surface area contributed by atoms with Gasteiger partial charge in [-0.1, -0.05) is 19.8 Å². The van der Waals surface area contributed by atoms with Gasteiger partial charge in [-0.15, -0.1) is 0 Å². The smallest absolute Gasteiger partial charge is 0.305 e. The molecule has 0 heterocycles. The number of carbonyl (C=O) groups excluding carboxylic acids is 1. The lowest BCUT2D eigenvalue weighted by Gasteiger charge is -2.10. The van der Waals surface area contributed by atoms with Gasteiger partial charge >= 0.3 is 5.97 Å². The van der Waals surface area contributed by atoms with E-state index < -0.39 is 0 Å². The third-order valence-corrected chi connectivity index (χ3v) is 5.13. The van der Waals surface area contributed by atoms with E-state index in [1.165, 1.54) is 0 Å². The summed E-state index contributed by atoms with van der Waals surface area (Å²) in [5.41, 5.74) is 0. The molecule has 0 N–H and O–H groups in total. The predicted octanol–water partition coefficient (Wildman–Crippen LogP) is 1.82. The van der Waals surface area contributed by atoms with E-state index in [-0.39, 0.29) is 12.6 Å². The summed E-state index contributed by atoms with van der Waals surface area (Å²) in [7, 11) is 4.04. The summed E-state index contributed by atoms with van der Waals surface area (Å²) in [5.74, 6) is -0.156. The van der Waals surface area contributed by atoms with Crippen molar-refractivity contribution in [2.45, 2.75) is 32.6 Å². The van der Waals surface area contributed by atoms with Crippen molar-refractivity contribution < 1.29 is 52.2 Å². The van der Waals surface area contributed by atoms with E-state index in [1.807, 2.05) is 14.1 Å². The molecule has 0 rings (SSSR count). The average molecular weight is 584 g/mol. The number of hydrogen-bond donors (Lipinski definition) is 0. The van der Waals surface area contributed by atoms with E-state index in [0.717, 1.165) is 25.8 Å². The minimum Gasteiger partial charge on any atom is -0.463 e. The van der Waals surface area contributed by atoms with E-state index >= 15 is 0 Å². The van der Waals surface area contributed by atoms with Crippen molar-refractivity contribution in [3.05, 3.63) is 0 Å². The summed E-state index contributed by atoms with van der Waals surface area (Å²) < 4.78 is 54.1. The second-order valence-electron chi connectivity index (χ2n) is 8.99. The standard InChI is InChI=1S/C28H57NO11/c1-4-5-6-7-28(30)40-27-26-39-25-24-38-23-22-37-21-20-36-19-18-35-17-16-34-15-14-33-13-12-32-11-10-31-9-8-29(2)3/h4-27H2,1-3H3. The molecule has 12 nitrogen and oxygen atoms in total. The van der Waals surface area contributed by atoms with E-state index in [4.69, 9.17) is 47.4 Å². The number of unbranched alkanes of at least 4 members (excludes halogenated alkanes) is 2. The molecule has 0 spiro atoms. The molecule has 40 heavy (non-hydrogen) atoms. The van der Waals surface area contributed by atoms with Gasteiger partial charge in [0.25, 0.3) is 0 Å². The molecule has 0 aliphatic carbocycles. The molecule has 0 aromatic heterocycles. The molecule has 0 fully saturated rings. The van der Waals surface area contributed by atoms with Crippen molar-refractivity contribution in [2.75, 3.05) is 146 Å². The largest absolute Gasteiger partial charge is 0.463 e. The quantitative estimate of drug-likeness (QED) is 0.0814. The fourth-order valence-corrected chi connectivity index (χ4v) is 2.91. The highest BCUT2D eigenvalue weighted by Crippen LogP contribution is 2.00. The Hall–Kier alpha value is -0.930. The molecule has 0 aromatic carbocycles. The zero-order chi connectivity index (χ0) is 29.2. The maximum absolute atomic E-state index is 11.4. The van der Waals surface area contributed by atoms with Gasteiger partial charge in [-0.2, -0.15) is 0 Å². The third-order valence-electron chi connectivity index (χ3n) is 5.13. The van der Waals surface area contributed by atoms with Crippen LogP contribution in [0.15, 0.2) is 0 Å². The summed E-state index contributed by atoms with van der Waals surface area (Å²) in [5, 5.41) is 0. The highest BCUT2D eigenvalue weighted by molar-refractivity contribution is 5.69. The van der Waals surface area contributed by atoms with Crippen LogP contribution in [-0.4, -0.2) is 157 Å². The molecule has 0 unspecified atom stereocenters. The lowest BCUT2D eigenvalue weighted by atomic mass is 10.2. The first-order chi connectivity index (χ1) is 19.7. The first kappa shape index (κ1) is 39.1. The van der Waals surface area contributed by atoms with E-state index in [9.17, 15) is 4.79 Å². The summed E-state index contributed by atoms with van der Waals surface area (Å²) in [6.45, 7) is 12.7. The minimum absolute atomic E-state index is 0.156. The van der Waals surface area contributed by atoms with E-state index in [2.05, 4.69) is 11.8 Å². The predicted molar refractivity (Wildman–Crippen MR) is 151 cm³/mol. The maximum Gasteiger partial charge on any atom is 0.305 e. The van der Waals surface area contributed by atoms with Crippen molar-refractivity contribution >= 4 is 5.97 Å². The monoisotopic (exact) mass is 583 g/mol. The molecule has 0 saturated heterocycles. The molecule has 0 aliphatic rings. The van der Waals surface area contributed by atoms with Crippen LogP contribution in [0.1, 0.15) is 32.6 Å². The molecule has 0 bridgehead atoms. The first-order valence-electron chi connectivity index (χ1n) is 14.7. The first-order valence-corrected chi connectivity index (χ1v) is 14.7. The lowest BCUT2D eigenvalue weighted by Crippen LogP contribution is -2.19. The van der Waals surface area contributed by atoms with Gasteiger partial charge < -0.3 is 52.3 Å². The molecular weight excluding hydrogens is 526 g/mol. The number of rotatable bonds is 34. The second kappa shape index (κ2) is 34.3. The molecule has 0 aliphatic heterocycles. The Morgan fingerprint density at radius 2 is 0.750 bits per heavy atom. The van der Waals surface area contributed by atoms with Gasteiger partial charge in [0.1, 0.15) is 6.61 Å². The molecule has 12 heteroatoms. The van der Waals surface area contributed by atoms with Crippen LogP contribution in [0.4, 0.5) is 0 Å². The number of esters is 1. The Labute approximate surface area is 242 Å². The fraction of sp³-hybridized carbons (Fsp3) is 0.964. The van der Waals surface area contributed by atoms with Crippen LogP contribution < -0.4 is 0 Å². The highest BCUT2D eigenvalue weighted by atomic mass is 16.6. The Balaban J connectivity index is 3.07. The molecule has 240 valence electrons. The molecule has 0 saturated carbocycles. The molecule has 0 amide bonds. The van der Waals surface area contributed by atoms with Crippen LogP contribution in [-0.2, 0) is 52.2 Å². The van der Waals surface area contributed by atoms with Gasteiger partial charge in [-0.3, -0.25) is 4.79 Å². The number of carbonyl (C=O) groups is 1. The number of ether oxygens (including phenoxy) is 10. The van der Waals surface area contributed by atoms with Crippen LogP contribution in [0.25, 0.3) is 0 Å². The third kappa shape index (κ3) is 35.1. The van der Waals surface area contributed by atoms with Crippen molar-refractivity contribution in [2.24, 2.45) is 0 Å². The SMILES string of the molecule is CCCCCC(=O)OCCOCCOCCOCCOCCOCCOCCOCCOCCOCCN(C)C. The van der Waals surface area contributed by atoms with Gasteiger partial charge in [0.05, 0.1) is 119 Å². The average Bonchev–Trinajstić information content (AvgIpc) is 2.94. The Morgan fingerprint density at radius 1 is 0.450 bits per heavy atom. The van der Waals surface area contributed by atoms with E-state index in [1.54, 1.807) is 0 Å². The molecule has 0 atom stereocenters. The Kier molecular flexibility index (Phi) is 33.5. The number of hydrogen-bond acceptors (Lipinski definition) is 12. The van der Waals surface area contributed by atoms with Gasteiger partial charge in [-0.25, -0.2) is 0 Å². The Morgan fingerprint density at radius 3 is 1.05 bits per heavy atom. The zero-order valence-corrected chi connectivity index (χ0v) is 25.4. The number of likely N-dealkylation sites (N-methyl/N-ethyl adjacent to an activating group) is 1. The van der Waals surface area contributed by atoms with Crippen molar-refractivity contribution in [3.8, 4) is 0 Å². The summed E-state index contributed by atoms with van der Waals surface area (Å²) in [4.78, 5) is 13.5. The summed E-state index contributed by atoms with van der Waals surface area (Å²) in [6, 6.07) is 0. The lowest BCUT2D eigenvalue weighted by molar-refractivity contribution is -0.145. The van der Waals surface area contributed by atoms with Crippen molar-refractivity contribution in [1.29, 1.82) is 0 Å². The summed E-state index contributed by atoms with van der Waals surface area (Å²) in [6.07, 6.45) is 3.51. The fourth-order valence-electron chi connectivity index (χ4n) is 2.91. The molecular formula is C28H57NO11. The topological polar surface area (TPSA) is 113 Å². The minimum atomic E-state index is -0.156. The van der Waals surface area contributed by atoms with Gasteiger partial charge in [0.2, 0.25) is 0 Å². The molecule has 0 radical (unpaired) electrons. The van der Waals surface area contributed by atoms with Crippen LogP contribution in [0, 0.1) is 0 Å². The summed E-state index contributed by atoms with van der Waals surface area (Å²) >= 11 is 0. The van der Waals surface area contributed by atoms with Crippen LogP contribution in [0.2, 0.25) is 0 Å². The van der Waals surface area contributed by atoms with Crippen LogP contribution in [0.5, 0.6) is 0 Å². The van der Waals surface area contributed by atoms with Gasteiger partial charge in [0.15, 0.2) is 0 Å². The van der Waals surface area contributed by atoms with E-state index in [0.29, 0.717) is 125 Å².